The van der Waals surface area contributed by atoms with Gasteiger partial charge < -0.3 is 15.0 Å². The van der Waals surface area contributed by atoms with E-state index in [-0.39, 0.29) is 0 Å². The number of hydrogen-bond acceptors (Lipinski definition) is 5. The molecule has 0 bridgehead atoms. The first-order valence-corrected chi connectivity index (χ1v) is 6.44. The number of nitrogens with one attached hydrogen (secondary N) is 1. The first-order valence-electron chi connectivity index (χ1n) is 6.44. The molecule has 2 rings (SSSR count). The molecule has 0 aliphatic rings. The van der Waals surface area contributed by atoms with E-state index >= 15 is 0 Å². The molecule has 0 aromatic carbocycles. The largest absolute Gasteiger partial charge is 0.383 e. The number of rotatable bonds is 7. The zero-order valence-electron chi connectivity index (χ0n) is 11.8. The molecule has 0 saturated carbocycles. The molecule has 0 atom stereocenters. The van der Waals surface area contributed by atoms with Crippen molar-refractivity contribution >= 4 is 11.6 Å². The molecule has 0 aliphatic carbocycles. The predicted molar refractivity (Wildman–Crippen MR) is 75.6 cm³/mol. The van der Waals surface area contributed by atoms with Gasteiger partial charge in [0.25, 0.3) is 0 Å². The zero-order chi connectivity index (χ0) is 13.7. The highest BCUT2D eigenvalue weighted by atomic mass is 16.5. The number of hydrogen-bond donors (Lipinski definition) is 1. The monoisotopic (exact) mass is 263 g/mol. The van der Waals surface area contributed by atoms with Gasteiger partial charge in [0.15, 0.2) is 5.65 Å². The minimum Gasteiger partial charge on any atom is -0.383 e. The van der Waals surface area contributed by atoms with Crippen LogP contribution in [0, 0.1) is 6.92 Å². The van der Waals surface area contributed by atoms with E-state index in [1.165, 1.54) is 0 Å². The van der Waals surface area contributed by atoms with Crippen LogP contribution in [0.3, 0.4) is 0 Å². The number of aryl methyl sites for hydroxylation is 1. The number of methoxy groups -OCH3 is 1. The molecule has 19 heavy (non-hydrogen) atoms. The van der Waals surface area contributed by atoms with Gasteiger partial charge in [-0.2, -0.15) is 4.98 Å². The van der Waals surface area contributed by atoms with Crippen LogP contribution in [-0.4, -0.2) is 59.9 Å². The van der Waals surface area contributed by atoms with Crippen molar-refractivity contribution in [3.8, 4) is 0 Å². The number of ether oxygens (including phenoxy) is 1. The Morgan fingerprint density at radius 2 is 2.21 bits per heavy atom. The Balaban J connectivity index is 1.86. The molecular weight excluding hydrogens is 242 g/mol. The lowest BCUT2D eigenvalue weighted by atomic mass is 10.4. The highest BCUT2D eigenvalue weighted by Gasteiger charge is 2.04. The highest BCUT2D eigenvalue weighted by molar-refractivity contribution is 5.44. The number of pyridine rings is 1. The summed E-state index contributed by atoms with van der Waals surface area (Å²) in [5.74, 6) is 0.675. The second-order valence-electron chi connectivity index (χ2n) is 4.60. The van der Waals surface area contributed by atoms with E-state index in [2.05, 4.69) is 27.3 Å². The fraction of sp³-hybridized carbons (Fsp3) is 0.538. The summed E-state index contributed by atoms with van der Waals surface area (Å²) in [6.45, 7) is 5.44. The van der Waals surface area contributed by atoms with Crippen molar-refractivity contribution < 1.29 is 4.74 Å². The molecule has 1 N–H and O–H groups in total. The molecule has 0 aliphatic heterocycles. The van der Waals surface area contributed by atoms with Crippen molar-refractivity contribution in [3.05, 3.63) is 23.9 Å². The van der Waals surface area contributed by atoms with Gasteiger partial charge >= 0.3 is 0 Å². The summed E-state index contributed by atoms with van der Waals surface area (Å²) in [5, 5.41) is 7.67. The molecule has 2 aromatic heterocycles. The third-order valence-electron chi connectivity index (χ3n) is 3.00. The Morgan fingerprint density at radius 3 is 2.95 bits per heavy atom. The van der Waals surface area contributed by atoms with Crippen LogP contribution in [0.5, 0.6) is 0 Å². The number of anilines is 1. The maximum absolute atomic E-state index is 5.04. The van der Waals surface area contributed by atoms with Crippen molar-refractivity contribution in [2.24, 2.45) is 0 Å². The summed E-state index contributed by atoms with van der Waals surface area (Å²) < 4.78 is 6.88. The Labute approximate surface area is 113 Å². The van der Waals surface area contributed by atoms with E-state index < -0.39 is 0 Å². The first kappa shape index (κ1) is 13.8. The molecule has 104 valence electrons. The number of fused-ring (bicyclic) bond motifs is 1. The van der Waals surface area contributed by atoms with Crippen LogP contribution >= 0.6 is 0 Å². The average Bonchev–Trinajstić information content (AvgIpc) is 2.81. The SMILES string of the molecule is COCCN(C)CCNc1nc2cccc(C)n2n1. The Bertz CT molecular complexity index is 525. The van der Waals surface area contributed by atoms with Gasteiger partial charge in [-0.1, -0.05) is 6.07 Å². The molecule has 2 heterocycles. The lowest BCUT2D eigenvalue weighted by Crippen LogP contribution is -2.28. The quantitative estimate of drug-likeness (QED) is 0.808. The fourth-order valence-corrected chi connectivity index (χ4v) is 1.83. The zero-order valence-corrected chi connectivity index (χ0v) is 11.8. The van der Waals surface area contributed by atoms with Crippen molar-refractivity contribution in [1.82, 2.24) is 19.5 Å². The van der Waals surface area contributed by atoms with E-state index in [1.807, 2.05) is 29.6 Å². The molecule has 0 unspecified atom stereocenters. The smallest absolute Gasteiger partial charge is 0.243 e. The van der Waals surface area contributed by atoms with Crippen LogP contribution in [0.2, 0.25) is 0 Å². The standard InChI is InChI=1S/C13H21N5O/c1-11-5-4-6-12-15-13(16-18(11)12)14-7-8-17(2)9-10-19-3/h4-6H,7-10H2,1-3H3,(H,14,16). The Morgan fingerprint density at radius 1 is 1.37 bits per heavy atom. The van der Waals surface area contributed by atoms with Crippen molar-refractivity contribution in [2.75, 3.05) is 45.7 Å². The average molecular weight is 263 g/mol. The van der Waals surface area contributed by atoms with Crippen LogP contribution in [-0.2, 0) is 4.74 Å². The van der Waals surface area contributed by atoms with Gasteiger partial charge in [0.05, 0.1) is 6.61 Å². The summed E-state index contributed by atoms with van der Waals surface area (Å²) in [6.07, 6.45) is 0. The van der Waals surface area contributed by atoms with Crippen LogP contribution in [0.4, 0.5) is 5.95 Å². The predicted octanol–water partition coefficient (Wildman–Crippen LogP) is 1.03. The lowest BCUT2D eigenvalue weighted by molar-refractivity contribution is 0.163. The first-order chi connectivity index (χ1) is 9.20. The molecule has 2 aromatic rings. The van der Waals surface area contributed by atoms with Gasteiger partial charge in [0.1, 0.15) is 0 Å². The minimum absolute atomic E-state index is 0.675. The summed E-state index contributed by atoms with van der Waals surface area (Å²) in [6, 6.07) is 5.96. The lowest BCUT2D eigenvalue weighted by Gasteiger charge is -2.15. The normalized spacial score (nSPS) is 11.4. The van der Waals surface area contributed by atoms with Crippen LogP contribution in [0.15, 0.2) is 18.2 Å². The maximum Gasteiger partial charge on any atom is 0.243 e. The minimum atomic E-state index is 0.675. The molecule has 0 amide bonds. The molecule has 0 saturated heterocycles. The molecule has 0 spiro atoms. The van der Waals surface area contributed by atoms with Gasteiger partial charge in [-0.25, -0.2) is 4.52 Å². The van der Waals surface area contributed by atoms with Crippen LogP contribution < -0.4 is 5.32 Å². The molecule has 0 fully saturated rings. The summed E-state index contributed by atoms with van der Waals surface area (Å²) in [7, 11) is 3.79. The molecule has 6 nitrogen and oxygen atoms in total. The third-order valence-corrected chi connectivity index (χ3v) is 3.00. The van der Waals surface area contributed by atoms with Crippen molar-refractivity contribution in [3.63, 3.8) is 0 Å². The van der Waals surface area contributed by atoms with E-state index in [9.17, 15) is 0 Å². The Hall–Kier alpha value is -1.66. The van der Waals surface area contributed by atoms with E-state index in [0.717, 1.165) is 37.6 Å². The number of nitrogens with zero attached hydrogens (tertiary/aromatic N) is 4. The fourth-order valence-electron chi connectivity index (χ4n) is 1.83. The van der Waals surface area contributed by atoms with Crippen molar-refractivity contribution in [2.45, 2.75) is 6.92 Å². The molecule has 6 heteroatoms. The van der Waals surface area contributed by atoms with Gasteiger partial charge in [-0.05, 0) is 26.1 Å². The topological polar surface area (TPSA) is 54.7 Å². The number of aromatic nitrogens is 3. The van der Waals surface area contributed by atoms with Gasteiger partial charge in [0.2, 0.25) is 5.95 Å². The van der Waals surface area contributed by atoms with Crippen LogP contribution in [0.25, 0.3) is 5.65 Å². The summed E-state index contributed by atoms with van der Waals surface area (Å²) in [4.78, 5) is 6.64. The van der Waals surface area contributed by atoms with Gasteiger partial charge in [0, 0.05) is 32.4 Å². The van der Waals surface area contributed by atoms with Gasteiger partial charge in [-0.3, -0.25) is 0 Å². The summed E-state index contributed by atoms with van der Waals surface area (Å²) >= 11 is 0. The second kappa shape index (κ2) is 6.49. The highest BCUT2D eigenvalue weighted by Crippen LogP contribution is 2.07. The molecular formula is C13H21N5O. The van der Waals surface area contributed by atoms with E-state index in [0.29, 0.717) is 5.95 Å². The van der Waals surface area contributed by atoms with Gasteiger partial charge in [-0.15, -0.1) is 5.10 Å². The second-order valence-corrected chi connectivity index (χ2v) is 4.60. The number of likely N-dealkylation sites (N-methyl/N-ethyl adjacent to an activating group) is 1. The summed E-state index contributed by atoms with van der Waals surface area (Å²) in [5.41, 5.74) is 1.95. The third kappa shape index (κ3) is 3.65. The van der Waals surface area contributed by atoms with E-state index in [4.69, 9.17) is 4.74 Å². The Kier molecular flexibility index (Phi) is 4.70. The van der Waals surface area contributed by atoms with Crippen LogP contribution in [0.1, 0.15) is 5.69 Å². The maximum atomic E-state index is 5.04. The van der Waals surface area contributed by atoms with Crippen molar-refractivity contribution in [1.29, 1.82) is 0 Å². The molecule has 0 radical (unpaired) electrons. The van der Waals surface area contributed by atoms with E-state index in [1.54, 1.807) is 7.11 Å².